The van der Waals surface area contributed by atoms with Crippen LogP contribution in [-0.4, -0.2) is 33.3 Å². The third-order valence-electron chi connectivity index (χ3n) is 3.89. The van der Waals surface area contributed by atoms with Crippen LogP contribution in [0.15, 0.2) is 77.4 Å². The zero-order valence-corrected chi connectivity index (χ0v) is 15.6. The minimum absolute atomic E-state index is 0.224. The number of anilines is 1. The number of carboxylic acids is 1. The lowest BCUT2D eigenvalue weighted by Gasteiger charge is -2.03. The number of benzene rings is 2. The molecule has 158 valence electrons. The number of nitrogens with one attached hydrogen (secondary N) is 1. The molecule has 0 radical (unpaired) electrons. The number of fused-ring (bicyclic) bond motifs is 1. The van der Waals surface area contributed by atoms with E-state index in [0.29, 0.717) is 11.4 Å². The van der Waals surface area contributed by atoms with E-state index < -0.39 is 12.1 Å². The predicted molar refractivity (Wildman–Crippen MR) is 105 cm³/mol. The summed E-state index contributed by atoms with van der Waals surface area (Å²) in [4.78, 5) is 25.6. The standard InChI is InChI=1S/C19H13N3O2.C2HF3O2/c23-19(17-11-18(24-22-17)13-6-2-1-3-7-13)21-15-10-14-8-4-5-9-16(14)20-12-15;3-2(4,5)1(6)7/h1-12H,(H,21,23);(H,6,7). The Morgan fingerprint density at radius 2 is 1.61 bits per heavy atom. The second kappa shape index (κ2) is 9.08. The van der Waals surface area contributed by atoms with Gasteiger partial charge in [-0.3, -0.25) is 9.78 Å². The average Bonchev–Trinajstić information content (AvgIpc) is 3.25. The Labute approximate surface area is 173 Å². The number of amides is 1. The minimum atomic E-state index is -5.08. The van der Waals surface area contributed by atoms with Crippen LogP contribution in [-0.2, 0) is 4.79 Å². The number of alkyl halides is 3. The summed E-state index contributed by atoms with van der Waals surface area (Å²) < 4.78 is 37.0. The van der Waals surface area contributed by atoms with E-state index in [-0.39, 0.29) is 11.6 Å². The molecule has 10 heteroatoms. The lowest BCUT2D eigenvalue weighted by Crippen LogP contribution is -2.21. The molecule has 0 aliphatic heterocycles. The number of hydrogen-bond donors (Lipinski definition) is 2. The van der Waals surface area contributed by atoms with Crippen LogP contribution in [0.2, 0.25) is 0 Å². The first-order valence-corrected chi connectivity index (χ1v) is 8.72. The first kappa shape index (κ1) is 21.5. The van der Waals surface area contributed by atoms with Crippen LogP contribution in [0.25, 0.3) is 22.2 Å². The zero-order chi connectivity index (χ0) is 22.4. The summed E-state index contributed by atoms with van der Waals surface area (Å²) in [5, 5.41) is 14.7. The fraction of sp³-hybridized carbons (Fsp3) is 0.0476. The Hall–Kier alpha value is -4.21. The number of aliphatic carboxylic acids is 1. The van der Waals surface area contributed by atoms with Crippen molar-refractivity contribution in [1.29, 1.82) is 0 Å². The van der Waals surface area contributed by atoms with E-state index in [1.165, 1.54) is 0 Å². The van der Waals surface area contributed by atoms with Gasteiger partial charge in [0.1, 0.15) is 0 Å². The summed E-state index contributed by atoms with van der Waals surface area (Å²) in [5.41, 5.74) is 2.59. The SMILES string of the molecule is O=C(Nc1cnc2ccccc2c1)c1cc(-c2ccccc2)on1.O=C(O)C(F)(F)F. The number of para-hydroxylation sites is 1. The first-order chi connectivity index (χ1) is 14.7. The third-order valence-corrected chi connectivity index (χ3v) is 3.89. The summed E-state index contributed by atoms with van der Waals surface area (Å²) in [7, 11) is 0. The molecule has 0 spiro atoms. The molecule has 0 unspecified atom stereocenters. The number of carbonyl (C=O) groups is 2. The van der Waals surface area contributed by atoms with Crippen LogP contribution in [0.1, 0.15) is 10.5 Å². The van der Waals surface area contributed by atoms with Gasteiger partial charge in [0.05, 0.1) is 17.4 Å². The molecular weight excluding hydrogens is 415 g/mol. The van der Waals surface area contributed by atoms with Gasteiger partial charge < -0.3 is 14.9 Å². The number of pyridine rings is 1. The van der Waals surface area contributed by atoms with E-state index in [9.17, 15) is 18.0 Å². The molecule has 0 fully saturated rings. The summed E-state index contributed by atoms with van der Waals surface area (Å²) >= 11 is 0. The first-order valence-electron chi connectivity index (χ1n) is 8.72. The average molecular weight is 429 g/mol. The zero-order valence-electron chi connectivity index (χ0n) is 15.6. The highest BCUT2D eigenvalue weighted by atomic mass is 19.4. The summed E-state index contributed by atoms with van der Waals surface area (Å²) in [6.45, 7) is 0. The van der Waals surface area contributed by atoms with Crippen molar-refractivity contribution in [3.63, 3.8) is 0 Å². The Morgan fingerprint density at radius 1 is 0.968 bits per heavy atom. The van der Waals surface area contributed by atoms with E-state index in [0.717, 1.165) is 16.5 Å². The molecule has 7 nitrogen and oxygen atoms in total. The van der Waals surface area contributed by atoms with Crippen molar-refractivity contribution in [2.75, 3.05) is 5.32 Å². The Kier molecular flexibility index (Phi) is 6.29. The Morgan fingerprint density at radius 3 is 2.29 bits per heavy atom. The molecule has 1 amide bonds. The number of aromatic nitrogens is 2. The highest BCUT2D eigenvalue weighted by Gasteiger charge is 2.38. The van der Waals surface area contributed by atoms with Crippen LogP contribution >= 0.6 is 0 Å². The number of hydrogen-bond acceptors (Lipinski definition) is 5. The van der Waals surface area contributed by atoms with Crippen molar-refractivity contribution < 1.29 is 32.4 Å². The van der Waals surface area contributed by atoms with Crippen LogP contribution in [0.3, 0.4) is 0 Å². The molecule has 2 aromatic carbocycles. The number of halogens is 3. The second-order valence-electron chi connectivity index (χ2n) is 6.12. The van der Waals surface area contributed by atoms with Crippen LogP contribution in [0, 0.1) is 0 Å². The van der Waals surface area contributed by atoms with Gasteiger partial charge in [0.2, 0.25) is 0 Å². The molecule has 2 aromatic heterocycles. The van der Waals surface area contributed by atoms with Crippen LogP contribution in [0.4, 0.5) is 18.9 Å². The van der Waals surface area contributed by atoms with Crippen LogP contribution in [0.5, 0.6) is 0 Å². The fourth-order valence-electron chi connectivity index (χ4n) is 2.46. The highest BCUT2D eigenvalue weighted by molar-refractivity contribution is 6.04. The molecule has 0 atom stereocenters. The van der Waals surface area contributed by atoms with Gasteiger partial charge in [0.15, 0.2) is 11.5 Å². The lowest BCUT2D eigenvalue weighted by molar-refractivity contribution is -0.192. The number of nitrogens with zero attached hydrogens (tertiary/aromatic N) is 2. The molecule has 0 saturated heterocycles. The van der Waals surface area contributed by atoms with E-state index >= 15 is 0 Å². The van der Waals surface area contributed by atoms with Crippen molar-refractivity contribution in [2.45, 2.75) is 6.18 Å². The number of rotatable bonds is 3. The topological polar surface area (TPSA) is 105 Å². The highest BCUT2D eigenvalue weighted by Crippen LogP contribution is 2.21. The quantitative estimate of drug-likeness (QED) is 0.486. The molecule has 0 aliphatic carbocycles. The molecule has 0 bridgehead atoms. The Balaban J connectivity index is 0.000000339. The van der Waals surface area contributed by atoms with Crippen molar-refractivity contribution >= 4 is 28.5 Å². The van der Waals surface area contributed by atoms with Crippen molar-refractivity contribution in [3.8, 4) is 11.3 Å². The maximum atomic E-state index is 12.3. The number of carbonyl (C=O) groups excluding carboxylic acids is 1. The second-order valence-corrected chi connectivity index (χ2v) is 6.12. The van der Waals surface area contributed by atoms with Crippen molar-refractivity contribution in [2.24, 2.45) is 0 Å². The molecule has 0 saturated carbocycles. The van der Waals surface area contributed by atoms with Gasteiger partial charge in [-0.25, -0.2) is 4.79 Å². The molecule has 2 N–H and O–H groups in total. The fourth-order valence-corrected chi connectivity index (χ4v) is 2.46. The van der Waals surface area contributed by atoms with Gasteiger partial charge in [0.25, 0.3) is 5.91 Å². The van der Waals surface area contributed by atoms with E-state index in [4.69, 9.17) is 14.4 Å². The van der Waals surface area contributed by atoms with Crippen molar-refractivity contribution in [3.05, 3.63) is 78.6 Å². The van der Waals surface area contributed by atoms with Crippen molar-refractivity contribution in [1.82, 2.24) is 10.1 Å². The smallest absolute Gasteiger partial charge is 0.475 e. The third kappa shape index (κ3) is 5.66. The predicted octanol–water partition coefficient (Wildman–Crippen LogP) is 4.78. The largest absolute Gasteiger partial charge is 0.490 e. The van der Waals surface area contributed by atoms with E-state index in [1.54, 1.807) is 12.3 Å². The molecule has 31 heavy (non-hydrogen) atoms. The maximum absolute atomic E-state index is 12.3. The minimum Gasteiger partial charge on any atom is -0.475 e. The molecule has 4 aromatic rings. The summed E-state index contributed by atoms with van der Waals surface area (Å²) in [6.07, 6.45) is -3.46. The molecule has 4 rings (SSSR count). The molecular formula is C21H14F3N3O4. The number of carboxylic acid groups (broad SMARTS) is 1. The van der Waals surface area contributed by atoms with Gasteiger partial charge in [-0.1, -0.05) is 53.7 Å². The van der Waals surface area contributed by atoms with Crippen LogP contribution < -0.4 is 5.32 Å². The van der Waals surface area contributed by atoms with Gasteiger partial charge in [-0.15, -0.1) is 0 Å². The van der Waals surface area contributed by atoms with E-state index in [2.05, 4.69) is 15.5 Å². The summed E-state index contributed by atoms with van der Waals surface area (Å²) in [6, 6.07) is 20.7. The molecule has 0 aliphatic rings. The van der Waals surface area contributed by atoms with Gasteiger partial charge in [-0.05, 0) is 12.1 Å². The lowest BCUT2D eigenvalue weighted by atomic mass is 10.1. The van der Waals surface area contributed by atoms with Gasteiger partial charge in [0, 0.05) is 17.0 Å². The summed E-state index contributed by atoms with van der Waals surface area (Å²) in [5.74, 6) is -2.54. The van der Waals surface area contributed by atoms with Gasteiger partial charge >= 0.3 is 12.1 Å². The maximum Gasteiger partial charge on any atom is 0.490 e. The Bertz CT molecular complexity index is 1210. The normalized spacial score (nSPS) is 10.8. The van der Waals surface area contributed by atoms with Gasteiger partial charge in [-0.2, -0.15) is 13.2 Å². The van der Waals surface area contributed by atoms with E-state index in [1.807, 2.05) is 60.7 Å². The molecule has 2 heterocycles. The monoisotopic (exact) mass is 429 g/mol.